The number of aliphatic hydroxyl groups is 1. The van der Waals surface area contributed by atoms with E-state index in [1.165, 1.54) is 0 Å². The number of hydrogen-bond acceptors (Lipinski definition) is 3. The molecule has 2 rings (SSSR count). The summed E-state index contributed by atoms with van der Waals surface area (Å²) in [5.74, 6) is 0. The number of nitrogens with zero attached hydrogens (tertiary/aromatic N) is 1. The minimum atomic E-state index is -0.196. The van der Waals surface area contributed by atoms with Gasteiger partial charge in [0.2, 0.25) is 0 Å². The number of likely N-dealkylation sites (tertiary alicyclic amines) is 1. The minimum absolute atomic E-state index is 0.170. The molecule has 0 aromatic heterocycles. The van der Waals surface area contributed by atoms with Crippen LogP contribution in [0.15, 0.2) is 24.3 Å². The number of aliphatic hydroxyl groups excluding tert-OH is 1. The summed E-state index contributed by atoms with van der Waals surface area (Å²) in [6.07, 6.45) is 3.07. The van der Waals surface area contributed by atoms with Crippen molar-refractivity contribution in [1.29, 1.82) is 0 Å². The quantitative estimate of drug-likeness (QED) is 0.885. The summed E-state index contributed by atoms with van der Waals surface area (Å²) < 4.78 is 0. The van der Waals surface area contributed by atoms with E-state index in [9.17, 15) is 5.11 Å². The lowest BCUT2D eigenvalue weighted by Gasteiger charge is -2.33. The van der Waals surface area contributed by atoms with Crippen molar-refractivity contribution in [3.8, 4) is 0 Å². The van der Waals surface area contributed by atoms with Crippen LogP contribution >= 0.6 is 11.6 Å². The molecule has 0 saturated carbocycles. The topological polar surface area (TPSA) is 35.5 Å². The van der Waals surface area contributed by atoms with Crippen molar-refractivity contribution in [3.05, 3.63) is 29.3 Å². The van der Waals surface area contributed by atoms with Gasteiger partial charge >= 0.3 is 0 Å². The molecular weight excluding hydrogens is 248 g/mol. The van der Waals surface area contributed by atoms with Gasteiger partial charge in [-0.15, -0.1) is 0 Å². The molecule has 100 valence electrons. The molecule has 2 N–H and O–H groups in total. The molecule has 0 bridgehead atoms. The highest BCUT2D eigenvalue weighted by Crippen LogP contribution is 2.27. The molecule has 0 radical (unpaired) electrons. The molecule has 18 heavy (non-hydrogen) atoms. The summed E-state index contributed by atoms with van der Waals surface area (Å²) in [5.41, 5.74) is 0.830. The molecule has 3 nitrogen and oxygen atoms in total. The molecule has 1 atom stereocenters. The molecule has 1 aliphatic rings. The fraction of sp³-hybridized carbons (Fsp3) is 0.571. The fourth-order valence-electron chi connectivity index (χ4n) is 2.49. The zero-order chi connectivity index (χ0) is 13.0. The Hall–Kier alpha value is -0.770. The van der Waals surface area contributed by atoms with Gasteiger partial charge in [-0.3, -0.25) is 0 Å². The van der Waals surface area contributed by atoms with Gasteiger partial charge in [-0.1, -0.05) is 11.6 Å². The Morgan fingerprint density at radius 2 is 2.00 bits per heavy atom. The van der Waals surface area contributed by atoms with Crippen LogP contribution < -0.4 is 5.32 Å². The van der Waals surface area contributed by atoms with E-state index >= 15 is 0 Å². The summed E-state index contributed by atoms with van der Waals surface area (Å²) in [4.78, 5) is 2.32. The maximum absolute atomic E-state index is 9.76. The molecule has 0 spiro atoms. The highest BCUT2D eigenvalue weighted by molar-refractivity contribution is 6.30. The van der Waals surface area contributed by atoms with Crippen molar-refractivity contribution in [2.45, 2.75) is 24.8 Å². The van der Waals surface area contributed by atoms with E-state index in [1.807, 2.05) is 24.3 Å². The van der Waals surface area contributed by atoms with Gasteiger partial charge in [-0.2, -0.15) is 0 Å². The predicted molar refractivity (Wildman–Crippen MR) is 76.2 cm³/mol. The van der Waals surface area contributed by atoms with Crippen molar-refractivity contribution in [2.75, 3.05) is 32.1 Å². The summed E-state index contributed by atoms with van der Waals surface area (Å²) >= 11 is 5.88. The van der Waals surface area contributed by atoms with Crippen molar-refractivity contribution in [1.82, 2.24) is 4.90 Å². The number of hydrogen-bond donors (Lipinski definition) is 2. The SMILES string of the molecule is CN1CCCC(CO)(Nc2ccc(Cl)cc2)CC1. The van der Waals surface area contributed by atoms with Gasteiger partial charge in [-0.05, 0) is 57.1 Å². The Bertz CT molecular complexity index is 382. The lowest BCUT2D eigenvalue weighted by molar-refractivity contribution is 0.195. The van der Waals surface area contributed by atoms with Gasteiger partial charge in [0.1, 0.15) is 0 Å². The van der Waals surface area contributed by atoms with E-state index < -0.39 is 0 Å². The Kier molecular flexibility index (Phi) is 4.49. The number of anilines is 1. The van der Waals surface area contributed by atoms with E-state index in [1.54, 1.807) is 0 Å². The van der Waals surface area contributed by atoms with Crippen molar-refractivity contribution < 1.29 is 5.11 Å². The molecule has 1 fully saturated rings. The summed E-state index contributed by atoms with van der Waals surface area (Å²) in [5, 5.41) is 14.0. The zero-order valence-corrected chi connectivity index (χ0v) is 11.6. The monoisotopic (exact) mass is 268 g/mol. The second-order valence-electron chi connectivity index (χ2n) is 5.23. The molecule has 1 heterocycles. The third kappa shape index (κ3) is 3.37. The number of nitrogens with one attached hydrogen (secondary N) is 1. The Morgan fingerprint density at radius 3 is 2.67 bits per heavy atom. The second-order valence-corrected chi connectivity index (χ2v) is 5.66. The standard InChI is InChI=1S/C14H21ClN2O/c1-17-9-2-7-14(11-18,8-10-17)16-13-5-3-12(15)4-6-13/h3-6,16,18H,2,7-11H2,1H3. The first kappa shape index (κ1) is 13.7. The molecular formula is C14H21ClN2O. The Morgan fingerprint density at radius 1 is 1.28 bits per heavy atom. The summed E-state index contributed by atoms with van der Waals surface area (Å²) in [7, 11) is 2.13. The van der Waals surface area contributed by atoms with Gasteiger partial charge < -0.3 is 15.3 Å². The lowest BCUT2D eigenvalue weighted by atomic mass is 9.91. The van der Waals surface area contributed by atoms with E-state index in [0.717, 1.165) is 43.1 Å². The summed E-state index contributed by atoms with van der Waals surface area (Å²) in [6, 6.07) is 7.68. The highest BCUT2D eigenvalue weighted by atomic mass is 35.5. The lowest BCUT2D eigenvalue weighted by Crippen LogP contribution is -2.42. The average molecular weight is 269 g/mol. The smallest absolute Gasteiger partial charge is 0.0662 e. The fourth-order valence-corrected chi connectivity index (χ4v) is 2.62. The van der Waals surface area contributed by atoms with E-state index in [-0.39, 0.29) is 12.1 Å². The first-order valence-electron chi connectivity index (χ1n) is 6.47. The Labute approximate surface area is 114 Å². The zero-order valence-electron chi connectivity index (χ0n) is 10.8. The molecule has 0 amide bonds. The van der Waals surface area contributed by atoms with E-state index in [4.69, 9.17) is 11.6 Å². The van der Waals surface area contributed by atoms with Crippen molar-refractivity contribution in [2.24, 2.45) is 0 Å². The number of benzene rings is 1. The van der Waals surface area contributed by atoms with Gasteiger partial charge in [0.05, 0.1) is 12.1 Å². The normalized spacial score (nSPS) is 25.7. The first-order chi connectivity index (χ1) is 8.63. The van der Waals surface area contributed by atoms with Crippen LogP contribution in [-0.4, -0.2) is 42.3 Å². The third-order valence-electron chi connectivity index (χ3n) is 3.72. The van der Waals surface area contributed by atoms with Gasteiger partial charge in [0.15, 0.2) is 0 Å². The molecule has 1 unspecified atom stereocenters. The molecule has 1 aromatic rings. The van der Waals surface area contributed by atoms with Crippen LogP contribution in [0.1, 0.15) is 19.3 Å². The molecule has 1 aromatic carbocycles. The molecule has 4 heteroatoms. The largest absolute Gasteiger partial charge is 0.394 e. The third-order valence-corrected chi connectivity index (χ3v) is 3.98. The highest BCUT2D eigenvalue weighted by Gasteiger charge is 2.31. The van der Waals surface area contributed by atoms with Crippen LogP contribution in [0.2, 0.25) is 5.02 Å². The van der Waals surface area contributed by atoms with E-state index in [2.05, 4.69) is 17.3 Å². The number of rotatable bonds is 3. The summed E-state index contributed by atoms with van der Waals surface area (Å²) in [6.45, 7) is 2.29. The first-order valence-corrected chi connectivity index (χ1v) is 6.84. The van der Waals surface area contributed by atoms with Gasteiger partial charge in [0, 0.05) is 17.3 Å². The van der Waals surface area contributed by atoms with Crippen LogP contribution in [0.25, 0.3) is 0 Å². The van der Waals surface area contributed by atoms with Crippen molar-refractivity contribution in [3.63, 3.8) is 0 Å². The molecule has 1 saturated heterocycles. The van der Waals surface area contributed by atoms with Gasteiger partial charge in [0.25, 0.3) is 0 Å². The van der Waals surface area contributed by atoms with Crippen LogP contribution in [-0.2, 0) is 0 Å². The maximum Gasteiger partial charge on any atom is 0.0662 e. The van der Waals surface area contributed by atoms with Crippen LogP contribution in [0.4, 0.5) is 5.69 Å². The molecule has 0 aliphatic carbocycles. The number of halogens is 1. The van der Waals surface area contributed by atoms with Gasteiger partial charge in [-0.25, -0.2) is 0 Å². The maximum atomic E-state index is 9.76. The average Bonchev–Trinajstić information content (AvgIpc) is 2.56. The Balaban J connectivity index is 2.09. The van der Waals surface area contributed by atoms with E-state index in [0.29, 0.717) is 0 Å². The molecule has 1 aliphatic heterocycles. The second kappa shape index (κ2) is 5.91. The van der Waals surface area contributed by atoms with Crippen LogP contribution in [0, 0.1) is 0 Å². The predicted octanol–water partition coefficient (Wildman–Crippen LogP) is 2.60. The van der Waals surface area contributed by atoms with Crippen molar-refractivity contribution >= 4 is 17.3 Å². The van der Waals surface area contributed by atoms with Crippen LogP contribution in [0.3, 0.4) is 0 Å². The minimum Gasteiger partial charge on any atom is -0.394 e. The van der Waals surface area contributed by atoms with Crippen LogP contribution in [0.5, 0.6) is 0 Å².